The van der Waals surface area contributed by atoms with Crippen LogP contribution in [0, 0.1) is 11.8 Å². The van der Waals surface area contributed by atoms with Gasteiger partial charge in [-0.15, -0.1) is 0 Å². The van der Waals surface area contributed by atoms with E-state index in [4.69, 9.17) is 14.2 Å². The molecule has 0 N–H and O–H groups in total. The van der Waals surface area contributed by atoms with Crippen LogP contribution in [-0.4, -0.2) is 25.1 Å². The molecule has 2 heterocycles. The quantitative estimate of drug-likeness (QED) is 0.836. The molecule has 1 aromatic carbocycles. The van der Waals surface area contributed by atoms with Crippen LogP contribution in [-0.2, 0) is 20.8 Å². The molecule has 2 aliphatic rings. The van der Waals surface area contributed by atoms with E-state index in [1.54, 1.807) is 0 Å². The molecule has 22 heavy (non-hydrogen) atoms. The largest absolute Gasteiger partial charge is 0.374 e. The molecule has 0 radical (unpaired) electrons. The van der Waals surface area contributed by atoms with Crippen LogP contribution in [0.3, 0.4) is 0 Å². The fraction of sp³-hybridized carbons (Fsp3) is 0.684. The molecule has 2 aliphatic heterocycles. The summed E-state index contributed by atoms with van der Waals surface area (Å²) in [6.07, 6.45) is 4.66. The Morgan fingerprint density at radius 2 is 2.00 bits per heavy atom. The van der Waals surface area contributed by atoms with E-state index in [0.29, 0.717) is 25.0 Å². The van der Waals surface area contributed by atoms with E-state index >= 15 is 0 Å². The van der Waals surface area contributed by atoms with Crippen LogP contribution >= 0.6 is 0 Å². The second-order valence-corrected chi connectivity index (χ2v) is 6.88. The average Bonchev–Trinajstić information content (AvgIpc) is 2.55. The first kappa shape index (κ1) is 16.0. The lowest BCUT2D eigenvalue weighted by atomic mass is 9.83. The van der Waals surface area contributed by atoms with Gasteiger partial charge in [-0.05, 0) is 30.7 Å². The van der Waals surface area contributed by atoms with Gasteiger partial charge in [0, 0.05) is 12.3 Å². The van der Waals surface area contributed by atoms with E-state index in [1.807, 2.05) is 18.2 Å². The highest BCUT2D eigenvalue weighted by Crippen LogP contribution is 2.42. The number of rotatable bonds is 4. The summed E-state index contributed by atoms with van der Waals surface area (Å²) < 4.78 is 18.4. The molecule has 0 aliphatic carbocycles. The van der Waals surface area contributed by atoms with E-state index in [1.165, 1.54) is 12.0 Å². The van der Waals surface area contributed by atoms with Crippen molar-refractivity contribution < 1.29 is 14.2 Å². The molecule has 2 saturated heterocycles. The van der Waals surface area contributed by atoms with Gasteiger partial charge in [0.2, 0.25) is 0 Å². The normalized spacial score (nSPS) is 35.6. The van der Waals surface area contributed by atoms with Gasteiger partial charge < -0.3 is 14.2 Å². The molecule has 0 bridgehead atoms. The zero-order valence-corrected chi connectivity index (χ0v) is 13.8. The first-order chi connectivity index (χ1) is 10.7. The Morgan fingerprint density at radius 3 is 2.77 bits per heavy atom. The van der Waals surface area contributed by atoms with Gasteiger partial charge in [0.1, 0.15) is 0 Å². The number of benzene rings is 1. The second-order valence-electron chi connectivity index (χ2n) is 6.88. The summed E-state index contributed by atoms with van der Waals surface area (Å²) >= 11 is 0. The minimum atomic E-state index is -0.356. The summed E-state index contributed by atoms with van der Waals surface area (Å²) in [6.45, 7) is 6.65. The molecule has 1 aromatic rings. The third-order valence-electron chi connectivity index (χ3n) is 5.21. The Morgan fingerprint density at radius 1 is 1.18 bits per heavy atom. The van der Waals surface area contributed by atoms with E-state index < -0.39 is 0 Å². The summed E-state index contributed by atoms with van der Waals surface area (Å²) in [4.78, 5) is 0. The van der Waals surface area contributed by atoms with Crippen molar-refractivity contribution in [3.8, 4) is 0 Å². The molecule has 4 atom stereocenters. The van der Waals surface area contributed by atoms with Crippen molar-refractivity contribution in [1.82, 2.24) is 0 Å². The summed E-state index contributed by atoms with van der Waals surface area (Å²) in [5.41, 5.74) is 1.21. The van der Waals surface area contributed by atoms with Crippen LogP contribution in [0.15, 0.2) is 30.3 Å². The molecular weight excluding hydrogens is 276 g/mol. The van der Waals surface area contributed by atoms with Gasteiger partial charge in [-0.25, -0.2) is 0 Å². The van der Waals surface area contributed by atoms with Gasteiger partial charge in [0.25, 0.3) is 0 Å². The Kier molecular flexibility index (Phi) is 5.17. The average molecular weight is 304 g/mol. The third-order valence-corrected chi connectivity index (χ3v) is 5.21. The molecule has 122 valence electrons. The number of hydrogen-bond acceptors (Lipinski definition) is 3. The second kappa shape index (κ2) is 7.12. The molecule has 3 rings (SSSR count). The fourth-order valence-corrected chi connectivity index (χ4v) is 3.58. The molecule has 3 nitrogen and oxygen atoms in total. The van der Waals surface area contributed by atoms with Gasteiger partial charge in [0.15, 0.2) is 5.79 Å². The lowest BCUT2D eigenvalue weighted by molar-refractivity contribution is -0.331. The first-order valence-corrected chi connectivity index (χ1v) is 8.63. The van der Waals surface area contributed by atoms with Crippen LogP contribution in [0.4, 0.5) is 0 Å². The van der Waals surface area contributed by atoms with E-state index in [-0.39, 0.29) is 11.9 Å². The van der Waals surface area contributed by atoms with Crippen molar-refractivity contribution in [3.63, 3.8) is 0 Å². The smallest absolute Gasteiger partial charge is 0.171 e. The van der Waals surface area contributed by atoms with E-state index in [2.05, 4.69) is 26.0 Å². The SMILES string of the molecule is C[C@@H]1CCCO[C@@]12CC[C@H](C)[C@@H](COCc1ccccc1)O2. The highest BCUT2D eigenvalue weighted by molar-refractivity contribution is 5.13. The van der Waals surface area contributed by atoms with E-state index in [0.717, 1.165) is 25.9 Å². The zero-order valence-electron chi connectivity index (χ0n) is 13.8. The lowest BCUT2D eigenvalue weighted by Crippen LogP contribution is -2.53. The van der Waals surface area contributed by atoms with Crippen molar-refractivity contribution >= 4 is 0 Å². The monoisotopic (exact) mass is 304 g/mol. The predicted octanol–water partition coefficient (Wildman–Crippen LogP) is 4.16. The van der Waals surface area contributed by atoms with Crippen molar-refractivity contribution in [2.75, 3.05) is 13.2 Å². The van der Waals surface area contributed by atoms with Crippen LogP contribution in [0.5, 0.6) is 0 Å². The van der Waals surface area contributed by atoms with Gasteiger partial charge in [0.05, 0.1) is 25.9 Å². The standard InChI is InChI=1S/C19H28O3/c1-15-10-11-19(16(2)7-6-12-21-19)22-18(15)14-20-13-17-8-4-3-5-9-17/h3-5,8-9,15-16,18H,6-7,10-14H2,1-2H3/t15-,16+,18+,19+/m0/s1. The number of hydrogen-bond donors (Lipinski definition) is 0. The highest BCUT2D eigenvalue weighted by atomic mass is 16.7. The van der Waals surface area contributed by atoms with Crippen molar-refractivity contribution in [1.29, 1.82) is 0 Å². The van der Waals surface area contributed by atoms with Gasteiger partial charge >= 0.3 is 0 Å². The minimum absolute atomic E-state index is 0.137. The van der Waals surface area contributed by atoms with Crippen molar-refractivity contribution in [2.24, 2.45) is 11.8 Å². The lowest BCUT2D eigenvalue weighted by Gasteiger charge is -2.49. The maximum absolute atomic E-state index is 6.43. The molecule has 3 heteroatoms. The summed E-state index contributed by atoms with van der Waals surface area (Å²) in [7, 11) is 0. The third kappa shape index (κ3) is 3.53. The molecule has 0 aromatic heterocycles. The zero-order chi connectivity index (χ0) is 15.4. The topological polar surface area (TPSA) is 27.7 Å². The summed E-state index contributed by atoms with van der Waals surface area (Å²) in [5, 5.41) is 0. The van der Waals surface area contributed by atoms with Gasteiger partial charge in [-0.3, -0.25) is 0 Å². The number of ether oxygens (including phenoxy) is 3. The Hall–Kier alpha value is -0.900. The summed E-state index contributed by atoms with van der Waals surface area (Å²) in [6, 6.07) is 10.3. The molecule has 2 fully saturated rings. The van der Waals surface area contributed by atoms with Crippen LogP contribution in [0.25, 0.3) is 0 Å². The van der Waals surface area contributed by atoms with Gasteiger partial charge in [-0.2, -0.15) is 0 Å². The fourth-order valence-electron chi connectivity index (χ4n) is 3.58. The minimum Gasteiger partial charge on any atom is -0.374 e. The summed E-state index contributed by atoms with van der Waals surface area (Å²) in [5.74, 6) is 0.649. The van der Waals surface area contributed by atoms with Crippen molar-refractivity contribution in [2.45, 2.75) is 58.0 Å². The van der Waals surface area contributed by atoms with Crippen molar-refractivity contribution in [3.05, 3.63) is 35.9 Å². The molecular formula is C19H28O3. The molecule has 0 saturated carbocycles. The van der Waals surface area contributed by atoms with Gasteiger partial charge in [-0.1, -0.05) is 44.2 Å². The molecule has 1 spiro atoms. The van der Waals surface area contributed by atoms with Crippen LogP contribution in [0.2, 0.25) is 0 Å². The maximum atomic E-state index is 6.43. The maximum Gasteiger partial charge on any atom is 0.171 e. The predicted molar refractivity (Wildman–Crippen MR) is 86.5 cm³/mol. The first-order valence-electron chi connectivity index (χ1n) is 8.63. The highest BCUT2D eigenvalue weighted by Gasteiger charge is 2.46. The van der Waals surface area contributed by atoms with E-state index in [9.17, 15) is 0 Å². The molecule has 0 amide bonds. The van der Waals surface area contributed by atoms with Crippen LogP contribution < -0.4 is 0 Å². The van der Waals surface area contributed by atoms with Crippen LogP contribution in [0.1, 0.15) is 45.1 Å². The molecule has 0 unspecified atom stereocenters. The Labute approximate surface area is 134 Å². The Bertz CT molecular complexity index is 461. The Balaban J connectivity index is 1.55.